The molecule has 3 nitrogen and oxygen atoms in total. The van der Waals surface area contributed by atoms with Crippen molar-refractivity contribution in [3.63, 3.8) is 0 Å². The zero-order valence-electron chi connectivity index (χ0n) is 8.54. The van der Waals surface area contributed by atoms with Gasteiger partial charge in [-0.25, -0.2) is 0 Å². The van der Waals surface area contributed by atoms with Crippen LogP contribution >= 0.6 is 0 Å². The van der Waals surface area contributed by atoms with Crippen molar-refractivity contribution in [1.82, 2.24) is 5.32 Å². The molecule has 1 heterocycles. The van der Waals surface area contributed by atoms with Crippen LogP contribution in [0.4, 0.5) is 0 Å². The van der Waals surface area contributed by atoms with E-state index < -0.39 is 0 Å². The Balaban J connectivity index is 1.98. The van der Waals surface area contributed by atoms with E-state index in [1.165, 1.54) is 32.1 Å². The van der Waals surface area contributed by atoms with Crippen LogP contribution in [0.1, 0.15) is 32.1 Å². The summed E-state index contributed by atoms with van der Waals surface area (Å²) in [7, 11) is 0. The first-order valence-corrected chi connectivity index (χ1v) is 5.71. The average molecular weight is 197 g/mol. The summed E-state index contributed by atoms with van der Waals surface area (Å²) in [5.74, 6) is 0.994. The maximum absolute atomic E-state index is 11.4. The molecule has 2 aliphatic rings. The number of rotatable bonds is 2. The fourth-order valence-corrected chi connectivity index (χ4v) is 2.96. The van der Waals surface area contributed by atoms with Gasteiger partial charge in [0.15, 0.2) is 0 Å². The van der Waals surface area contributed by atoms with E-state index in [1.54, 1.807) is 0 Å². The second kappa shape index (κ2) is 4.30. The maximum Gasteiger partial charge on any atom is 0.225 e. The molecular formula is C11H19NO2. The Bertz CT molecular complexity index is 211. The molecule has 2 unspecified atom stereocenters. The van der Waals surface area contributed by atoms with Gasteiger partial charge in [-0.1, -0.05) is 32.1 Å². The molecule has 0 bridgehead atoms. The number of amides is 1. The summed E-state index contributed by atoms with van der Waals surface area (Å²) in [6, 6.07) is 0. The van der Waals surface area contributed by atoms with Gasteiger partial charge < -0.3 is 10.4 Å². The summed E-state index contributed by atoms with van der Waals surface area (Å²) in [6.45, 7) is 0.807. The second-order valence-electron chi connectivity index (χ2n) is 4.60. The van der Waals surface area contributed by atoms with Crippen molar-refractivity contribution in [3.8, 4) is 0 Å². The zero-order chi connectivity index (χ0) is 9.97. The van der Waals surface area contributed by atoms with Crippen molar-refractivity contribution in [1.29, 1.82) is 0 Å². The topological polar surface area (TPSA) is 49.3 Å². The first kappa shape index (κ1) is 9.97. The van der Waals surface area contributed by atoms with E-state index in [2.05, 4.69) is 5.32 Å². The van der Waals surface area contributed by atoms with Gasteiger partial charge in [0.1, 0.15) is 0 Å². The van der Waals surface area contributed by atoms with Gasteiger partial charge in [0.2, 0.25) is 5.91 Å². The van der Waals surface area contributed by atoms with Crippen molar-refractivity contribution in [2.75, 3.05) is 13.2 Å². The Morgan fingerprint density at radius 3 is 2.64 bits per heavy atom. The lowest BCUT2D eigenvalue weighted by Crippen LogP contribution is -2.28. The third-order valence-corrected chi connectivity index (χ3v) is 3.82. The van der Waals surface area contributed by atoms with Crippen LogP contribution in [0, 0.1) is 17.8 Å². The predicted octanol–water partition coefficient (Wildman–Crippen LogP) is 0.921. The number of aliphatic hydroxyl groups is 1. The van der Waals surface area contributed by atoms with Crippen LogP contribution in [0.2, 0.25) is 0 Å². The molecule has 0 radical (unpaired) electrons. The van der Waals surface area contributed by atoms with Crippen LogP contribution in [0.3, 0.4) is 0 Å². The molecule has 2 rings (SSSR count). The molecule has 2 N–H and O–H groups in total. The molecule has 80 valence electrons. The van der Waals surface area contributed by atoms with Gasteiger partial charge >= 0.3 is 0 Å². The molecule has 0 aromatic heterocycles. The number of carbonyl (C=O) groups excluding carboxylic acids is 1. The zero-order valence-corrected chi connectivity index (χ0v) is 8.54. The summed E-state index contributed by atoms with van der Waals surface area (Å²) in [6.07, 6.45) is 6.43. The minimum Gasteiger partial charge on any atom is -0.396 e. The molecule has 0 aromatic carbocycles. The molecule has 0 spiro atoms. The number of aliphatic hydroxyl groups excluding tert-OH is 1. The summed E-state index contributed by atoms with van der Waals surface area (Å²) in [4.78, 5) is 11.4. The highest BCUT2D eigenvalue weighted by atomic mass is 16.3. The molecule has 3 heteroatoms. The van der Waals surface area contributed by atoms with Crippen LogP contribution in [0.5, 0.6) is 0 Å². The van der Waals surface area contributed by atoms with Crippen LogP contribution < -0.4 is 5.32 Å². The van der Waals surface area contributed by atoms with Crippen molar-refractivity contribution >= 4 is 5.91 Å². The van der Waals surface area contributed by atoms with E-state index in [1.807, 2.05) is 0 Å². The van der Waals surface area contributed by atoms with Crippen molar-refractivity contribution in [3.05, 3.63) is 0 Å². The van der Waals surface area contributed by atoms with Crippen LogP contribution in [-0.2, 0) is 4.79 Å². The first-order chi connectivity index (χ1) is 6.83. The summed E-state index contributed by atoms with van der Waals surface area (Å²) < 4.78 is 0. The second-order valence-corrected chi connectivity index (χ2v) is 4.60. The number of hydrogen-bond acceptors (Lipinski definition) is 2. The Kier molecular flexibility index (Phi) is 3.06. The van der Waals surface area contributed by atoms with Gasteiger partial charge in [-0.2, -0.15) is 0 Å². The average Bonchev–Trinajstić information content (AvgIpc) is 2.61. The van der Waals surface area contributed by atoms with E-state index in [-0.39, 0.29) is 18.4 Å². The van der Waals surface area contributed by atoms with Gasteiger partial charge in [0.05, 0.1) is 12.5 Å². The van der Waals surface area contributed by atoms with Gasteiger partial charge in [0.25, 0.3) is 0 Å². The number of nitrogens with one attached hydrogen (secondary N) is 1. The standard InChI is InChI=1S/C11H19NO2/c13-7-10-9(6-12-11(10)14)8-4-2-1-3-5-8/h8-10,13H,1-7H2,(H,12,14). The highest BCUT2D eigenvalue weighted by Gasteiger charge is 2.38. The fraction of sp³-hybridized carbons (Fsp3) is 0.909. The molecule has 1 aliphatic carbocycles. The van der Waals surface area contributed by atoms with E-state index >= 15 is 0 Å². The Morgan fingerprint density at radius 2 is 2.00 bits per heavy atom. The summed E-state index contributed by atoms with van der Waals surface area (Å²) in [5, 5.41) is 12.0. The normalized spacial score (nSPS) is 34.5. The van der Waals surface area contributed by atoms with E-state index in [0.29, 0.717) is 11.8 Å². The first-order valence-electron chi connectivity index (χ1n) is 5.71. The lowest BCUT2D eigenvalue weighted by atomic mass is 9.76. The minimum atomic E-state index is -0.127. The van der Waals surface area contributed by atoms with Crippen molar-refractivity contribution in [2.24, 2.45) is 17.8 Å². The highest BCUT2D eigenvalue weighted by Crippen LogP contribution is 2.35. The third kappa shape index (κ3) is 1.78. The molecule has 1 saturated heterocycles. The number of carbonyl (C=O) groups is 1. The maximum atomic E-state index is 11.4. The van der Waals surface area contributed by atoms with Crippen LogP contribution in [-0.4, -0.2) is 24.2 Å². The molecular weight excluding hydrogens is 178 g/mol. The predicted molar refractivity (Wildman–Crippen MR) is 53.7 cm³/mol. The Labute approximate surface area is 84.9 Å². The lowest BCUT2D eigenvalue weighted by molar-refractivity contribution is -0.124. The molecule has 14 heavy (non-hydrogen) atoms. The lowest BCUT2D eigenvalue weighted by Gasteiger charge is -2.29. The SMILES string of the molecule is O=C1NCC(C2CCCCC2)C1CO. The Morgan fingerprint density at radius 1 is 1.29 bits per heavy atom. The van der Waals surface area contributed by atoms with E-state index in [4.69, 9.17) is 0 Å². The van der Waals surface area contributed by atoms with Gasteiger partial charge in [0, 0.05) is 6.54 Å². The molecule has 1 amide bonds. The van der Waals surface area contributed by atoms with Crippen molar-refractivity contribution < 1.29 is 9.90 Å². The van der Waals surface area contributed by atoms with E-state index in [0.717, 1.165) is 6.54 Å². The molecule has 2 fully saturated rings. The largest absolute Gasteiger partial charge is 0.396 e. The quantitative estimate of drug-likeness (QED) is 0.691. The van der Waals surface area contributed by atoms with Crippen LogP contribution in [0.15, 0.2) is 0 Å². The molecule has 0 aromatic rings. The van der Waals surface area contributed by atoms with Gasteiger partial charge in [-0.15, -0.1) is 0 Å². The van der Waals surface area contributed by atoms with Gasteiger partial charge in [-0.05, 0) is 11.8 Å². The van der Waals surface area contributed by atoms with E-state index in [9.17, 15) is 9.90 Å². The molecule has 2 atom stereocenters. The highest BCUT2D eigenvalue weighted by molar-refractivity contribution is 5.81. The molecule has 1 aliphatic heterocycles. The molecule has 1 saturated carbocycles. The van der Waals surface area contributed by atoms with Gasteiger partial charge in [-0.3, -0.25) is 4.79 Å². The smallest absolute Gasteiger partial charge is 0.225 e. The fourth-order valence-electron chi connectivity index (χ4n) is 2.96. The Hall–Kier alpha value is -0.570. The summed E-state index contributed by atoms with van der Waals surface area (Å²) >= 11 is 0. The van der Waals surface area contributed by atoms with Crippen molar-refractivity contribution in [2.45, 2.75) is 32.1 Å². The minimum absolute atomic E-state index is 0.0208. The third-order valence-electron chi connectivity index (χ3n) is 3.82. The summed E-state index contributed by atoms with van der Waals surface area (Å²) in [5.41, 5.74) is 0. The monoisotopic (exact) mass is 197 g/mol. The van der Waals surface area contributed by atoms with Crippen LogP contribution in [0.25, 0.3) is 0 Å². The number of hydrogen-bond donors (Lipinski definition) is 2.